The van der Waals surface area contributed by atoms with Gasteiger partial charge in [0.25, 0.3) is 0 Å². The summed E-state index contributed by atoms with van der Waals surface area (Å²) in [7, 11) is 0. The minimum atomic E-state index is 0.379. The zero-order chi connectivity index (χ0) is 10.0. The van der Waals surface area contributed by atoms with Gasteiger partial charge in [-0.15, -0.1) is 0 Å². The van der Waals surface area contributed by atoms with Gasteiger partial charge in [-0.05, 0) is 38.1 Å². The molecular formula is C12H24N2. The standard InChI is InChI=1S/C12H24N2/c1-3-12(4-2)9-13-8-10-6-5-7-11(10)14-12/h10-11,13-14H,3-9H2,1-2H3. The van der Waals surface area contributed by atoms with E-state index in [1.54, 1.807) is 0 Å². The fourth-order valence-electron chi connectivity index (χ4n) is 3.12. The third-order valence-corrected chi connectivity index (χ3v) is 4.37. The van der Waals surface area contributed by atoms with E-state index in [9.17, 15) is 0 Å². The van der Waals surface area contributed by atoms with E-state index >= 15 is 0 Å². The van der Waals surface area contributed by atoms with E-state index in [0.717, 1.165) is 18.5 Å². The summed E-state index contributed by atoms with van der Waals surface area (Å²) >= 11 is 0. The molecule has 2 heteroatoms. The van der Waals surface area contributed by atoms with Gasteiger partial charge in [-0.1, -0.05) is 20.3 Å². The molecule has 82 valence electrons. The first kappa shape index (κ1) is 10.4. The number of fused-ring (bicyclic) bond motifs is 1. The molecule has 0 aromatic rings. The number of hydrogen-bond acceptors (Lipinski definition) is 2. The Morgan fingerprint density at radius 3 is 2.71 bits per heavy atom. The monoisotopic (exact) mass is 196 g/mol. The summed E-state index contributed by atoms with van der Waals surface area (Å²) in [5.74, 6) is 0.898. The van der Waals surface area contributed by atoms with Crippen LogP contribution < -0.4 is 10.6 Å². The molecule has 1 aliphatic carbocycles. The van der Waals surface area contributed by atoms with Gasteiger partial charge in [0.2, 0.25) is 0 Å². The van der Waals surface area contributed by atoms with Crippen LogP contribution in [0, 0.1) is 5.92 Å². The summed E-state index contributed by atoms with van der Waals surface area (Å²) < 4.78 is 0. The van der Waals surface area contributed by atoms with E-state index in [-0.39, 0.29) is 0 Å². The molecule has 2 unspecified atom stereocenters. The summed E-state index contributed by atoms with van der Waals surface area (Å²) in [4.78, 5) is 0. The molecule has 1 saturated carbocycles. The molecule has 2 N–H and O–H groups in total. The van der Waals surface area contributed by atoms with Gasteiger partial charge in [-0.3, -0.25) is 0 Å². The fourth-order valence-corrected chi connectivity index (χ4v) is 3.12. The van der Waals surface area contributed by atoms with Crippen molar-refractivity contribution in [3.05, 3.63) is 0 Å². The zero-order valence-corrected chi connectivity index (χ0v) is 9.60. The molecule has 14 heavy (non-hydrogen) atoms. The second-order valence-electron chi connectivity index (χ2n) is 5.06. The van der Waals surface area contributed by atoms with E-state index < -0.39 is 0 Å². The van der Waals surface area contributed by atoms with Crippen molar-refractivity contribution in [1.82, 2.24) is 10.6 Å². The Balaban J connectivity index is 2.07. The second kappa shape index (κ2) is 4.19. The van der Waals surface area contributed by atoms with Gasteiger partial charge in [0.1, 0.15) is 0 Å². The van der Waals surface area contributed by atoms with E-state index in [1.807, 2.05) is 0 Å². The van der Waals surface area contributed by atoms with Crippen molar-refractivity contribution < 1.29 is 0 Å². The maximum atomic E-state index is 3.93. The van der Waals surface area contributed by atoms with Gasteiger partial charge in [0.15, 0.2) is 0 Å². The van der Waals surface area contributed by atoms with Gasteiger partial charge in [-0.2, -0.15) is 0 Å². The van der Waals surface area contributed by atoms with Crippen LogP contribution >= 0.6 is 0 Å². The Morgan fingerprint density at radius 1 is 1.21 bits per heavy atom. The number of nitrogens with one attached hydrogen (secondary N) is 2. The van der Waals surface area contributed by atoms with Crippen molar-refractivity contribution in [2.24, 2.45) is 5.92 Å². The predicted molar refractivity (Wildman–Crippen MR) is 60.4 cm³/mol. The van der Waals surface area contributed by atoms with Crippen molar-refractivity contribution in [3.63, 3.8) is 0 Å². The maximum absolute atomic E-state index is 3.93. The lowest BCUT2D eigenvalue weighted by Crippen LogP contribution is -2.52. The van der Waals surface area contributed by atoms with Crippen LogP contribution in [0.3, 0.4) is 0 Å². The van der Waals surface area contributed by atoms with Gasteiger partial charge < -0.3 is 10.6 Å². The second-order valence-corrected chi connectivity index (χ2v) is 5.06. The highest BCUT2D eigenvalue weighted by molar-refractivity contribution is 4.98. The molecule has 1 heterocycles. The molecule has 0 radical (unpaired) electrons. The van der Waals surface area contributed by atoms with Crippen LogP contribution in [0.1, 0.15) is 46.0 Å². The molecule has 0 amide bonds. The Hall–Kier alpha value is -0.0800. The highest BCUT2D eigenvalue weighted by Gasteiger charge is 2.37. The molecule has 2 rings (SSSR count). The van der Waals surface area contributed by atoms with Crippen molar-refractivity contribution in [1.29, 1.82) is 0 Å². The summed E-state index contributed by atoms with van der Waals surface area (Å²) in [5, 5.41) is 7.58. The molecule has 2 aliphatic rings. The Labute approximate surface area is 87.8 Å². The van der Waals surface area contributed by atoms with Crippen LogP contribution in [0.15, 0.2) is 0 Å². The van der Waals surface area contributed by atoms with Crippen molar-refractivity contribution in [3.8, 4) is 0 Å². The molecule has 0 spiro atoms. The van der Waals surface area contributed by atoms with Crippen molar-refractivity contribution in [2.45, 2.75) is 57.5 Å². The van der Waals surface area contributed by atoms with Crippen molar-refractivity contribution >= 4 is 0 Å². The lowest BCUT2D eigenvalue weighted by molar-refractivity contribution is 0.267. The molecule has 2 nitrogen and oxygen atoms in total. The van der Waals surface area contributed by atoms with Gasteiger partial charge in [0.05, 0.1) is 0 Å². The van der Waals surface area contributed by atoms with Crippen molar-refractivity contribution in [2.75, 3.05) is 13.1 Å². The number of hydrogen-bond donors (Lipinski definition) is 2. The lowest BCUT2D eigenvalue weighted by Gasteiger charge is -2.34. The topological polar surface area (TPSA) is 24.1 Å². The van der Waals surface area contributed by atoms with Gasteiger partial charge in [0, 0.05) is 18.1 Å². The highest BCUT2D eigenvalue weighted by atomic mass is 15.1. The average Bonchev–Trinajstić information content (AvgIpc) is 2.57. The van der Waals surface area contributed by atoms with Crippen LogP contribution in [0.2, 0.25) is 0 Å². The van der Waals surface area contributed by atoms with E-state index in [2.05, 4.69) is 24.5 Å². The predicted octanol–water partition coefficient (Wildman–Crippen LogP) is 1.91. The lowest BCUT2D eigenvalue weighted by atomic mass is 9.91. The Kier molecular flexibility index (Phi) is 3.13. The normalized spacial score (nSPS) is 36.4. The van der Waals surface area contributed by atoms with E-state index in [0.29, 0.717) is 5.54 Å². The average molecular weight is 196 g/mol. The van der Waals surface area contributed by atoms with Gasteiger partial charge >= 0.3 is 0 Å². The maximum Gasteiger partial charge on any atom is 0.0303 e. The first-order valence-corrected chi connectivity index (χ1v) is 6.28. The molecule has 0 bridgehead atoms. The Bertz CT molecular complexity index is 187. The smallest absolute Gasteiger partial charge is 0.0303 e. The SMILES string of the molecule is CCC1(CC)CNCC2CCCC2N1. The van der Waals surface area contributed by atoms with E-state index in [1.165, 1.54) is 38.6 Å². The van der Waals surface area contributed by atoms with Crippen LogP contribution in [-0.4, -0.2) is 24.7 Å². The van der Waals surface area contributed by atoms with Gasteiger partial charge in [-0.25, -0.2) is 0 Å². The summed E-state index contributed by atoms with van der Waals surface area (Å²) in [6, 6.07) is 0.796. The number of rotatable bonds is 2. The van der Waals surface area contributed by atoms with Crippen LogP contribution in [0.25, 0.3) is 0 Å². The largest absolute Gasteiger partial charge is 0.315 e. The third kappa shape index (κ3) is 1.82. The minimum Gasteiger partial charge on any atom is -0.315 e. The summed E-state index contributed by atoms with van der Waals surface area (Å²) in [5.41, 5.74) is 0.379. The van der Waals surface area contributed by atoms with Crippen LogP contribution in [-0.2, 0) is 0 Å². The quantitative estimate of drug-likeness (QED) is 0.705. The zero-order valence-electron chi connectivity index (χ0n) is 9.60. The summed E-state index contributed by atoms with van der Waals surface area (Å²) in [6.45, 7) is 7.02. The Morgan fingerprint density at radius 2 is 2.00 bits per heavy atom. The first-order chi connectivity index (χ1) is 6.79. The molecule has 2 atom stereocenters. The van der Waals surface area contributed by atoms with E-state index in [4.69, 9.17) is 0 Å². The third-order valence-electron chi connectivity index (χ3n) is 4.37. The minimum absolute atomic E-state index is 0.379. The highest BCUT2D eigenvalue weighted by Crippen LogP contribution is 2.30. The summed E-state index contributed by atoms with van der Waals surface area (Å²) in [6.07, 6.45) is 6.75. The molecule has 1 saturated heterocycles. The first-order valence-electron chi connectivity index (χ1n) is 6.28. The fraction of sp³-hybridized carbons (Fsp3) is 1.00. The molecule has 2 fully saturated rings. The van der Waals surface area contributed by atoms with Crippen LogP contribution in [0.4, 0.5) is 0 Å². The molecule has 0 aromatic heterocycles. The molecular weight excluding hydrogens is 172 g/mol. The molecule has 1 aliphatic heterocycles. The van der Waals surface area contributed by atoms with Crippen LogP contribution in [0.5, 0.6) is 0 Å². The molecule has 0 aromatic carbocycles.